The van der Waals surface area contributed by atoms with Crippen molar-refractivity contribution >= 4 is 11.7 Å². The van der Waals surface area contributed by atoms with Crippen LogP contribution in [0.3, 0.4) is 0 Å². The maximum atomic E-state index is 12.0. The second kappa shape index (κ2) is 5.98. The standard InChI is InChI=1S/C16H20N6O/c23-16(12-8-19-20-9-12)21-13-5-11(6-13)14-7-15(18-10-17-14)22-3-1-2-4-22/h7-11,13H,1-6H2,(H,19,20)(H,21,23). The molecule has 2 N–H and O–H groups in total. The third-order valence-corrected chi connectivity index (χ3v) is 4.76. The normalized spacial score (nSPS) is 23.6. The number of carbonyl (C=O) groups excluding carboxylic acids is 1. The molecule has 2 aromatic rings. The molecule has 1 aliphatic heterocycles. The third kappa shape index (κ3) is 2.91. The molecule has 2 fully saturated rings. The van der Waals surface area contributed by atoms with E-state index in [1.165, 1.54) is 19.0 Å². The molecule has 1 saturated carbocycles. The van der Waals surface area contributed by atoms with Crippen LogP contribution in [0.2, 0.25) is 0 Å². The SMILES string of the molecule is O=C(NC1CC(c2cc(N3CCCC3)ncn2)C1)c1cn[nH]c1. The van der Waals surface area contributed by atoms with E-state index in [1.54, 1.807) is 12.5 Å². The third-order valence-electron chi connectivity index (χ3n) is 4.76. The predicted octanol–water partition coefficient (Wildman–Crippen LogP) is 1.48. The number of carbonyl (C=O) groups is 1. The smallest absolute Gasteiger partial charge is 0.254 e. The fourth-order valence-corrected chi connectivity index (χ4v) is 3.32. The van der Waals surface area contributed by atoms with Crippen LogP contribution >= 0.6 is 0 Å². The van der Waals surface area contributed by atoms with Gasteiger partial charge in [-0.25, -0.2) is 9.97 Å². The summed E-state index contributed by atoms with van der Waals surface area (Å²) in [7, 11) is 0. The number of hydrogen-bond donors (Lipinski definition) is 2. The molecular formula is C16H20N6O. The highest BCUT2D eigenvalue weighted by molar-refractivity contribution is 5.93. The van der Waals surface area contributed by atoms with Crippen LogP contribution in [0.25, 0.3) is 0 Å². The number of nitrogens with one attached hydrogen (secondary N) is 2. The highest BCUT2D eigenvalue weighted by Crippen LogP contribution is 2.36. The lowest BCUT2D eigenvalue weighted by atomic mass is 9.78. The Hall–Kier alpha value is -2.44. The van der Waals surface area contributed by atoms with Crippen molar-refractivity contribution in [2.75, 3.05) is 18.0 Å². The van der Waals surface area contributed by atoms with Crippen LogP contribution in [0.15, 0.2) is 24.8 Å². The van der Waals surface area contributed by atoms with E-state index in [0.717, 1.165) is 37.4 Å². The van der Waals surface area contributed by atoms with Crippen molar-refractivity contribution in [3.63, 3.8) is 0 Å². The van der Waals surface area contributed by atoms with Crippen LogP contribution in [0, 0.1) is 0 Å². The summed E-state index contributed by atoms with van der Waals surface area (Å²) in [6.45, 7) is 2.18. The molecule has 23 heavy (non-hydrogen) atoms. The molecule has 2 aliphatic rings. The zero-order valence-electron chi connectivity index (χ0n) is 12.9. The molecule has 3 heterocycles. The summed E-state index contributed by atoms with van der Waals surface area (Å²) in [6, 6.07) is 2.33. The lowest BCUT2D eigenvalue weighted by Crippen LogP contribution is -2.43. The summed E-state index contributed by atoms with van der Waals surface area (Å²) in [5.74, 6) is 1.38. The molecule has 7 heteroatoms. The van der Waals surface area contributed by atoms with Crippen LogP contribution in [0.5, 0.6) is 0 Å². The Labute approximate surface area is 134 Å². The van der Waals surface area contributed by atoms with E-state index in [1.807, 2.05) is 0 Å². The maximum absolute atomic E-state index is 12.0. The van der Waals surface area contributed by atoms with Crippen LogP contribution < -0.4 is 10.2 Å². The fourth-order valence-electron chi connectivity index (χ4n) is 3.32. The van der Waals surface area contributed by atoms with Crippen molar-refractivity contribution in [1.29, 1.82) is 0 Å². The molecule has 0 radical (unpaired) electrons. The fraction of sp³-hybridized carbons (Fsp3) is 0.500. The highest BCUT2D eigenvalue weighted by atomic mass is 16.1. The average Bonchev–Trinajstić information content (AvgIpc) is 3.23. The number of aromatic amines is 1. The van der Waals surface area contributed by atoms with E-state index in [9.17, 15) is 4.79 Å². The van der Waals surface area contributed by atoms with Crippen molar-refractivity contribution in [3.8, 4) is 0 Å². The molecule has 4 rings (SSSR count). The lowest BCUT2D eigenvalue weighted by Gasteiger charge is -2.35. The minimum atomic E-state index is -0.0670. The van der Waals surface area contributed by atoms with Gasteiger partial charge in [-0.2, -0.15) is 5.10 Å². The quantitative estimate of drug-likeness (QED) is 0.893. The van der Waals surface area contributed by atoms with Gasteiger partial charge in [0, 0.05) is 43.0 Å². The first kappa shape index (κ1) is 14.2. The molecular weight excluding hydrogens is 292 g/mol. The van der Waals surface area contributed by atoms with Crippen molar-refractivity contribution in [2.45, 2.75) is 37.6 Å². The van der Waals surface area contributed by atoms with Gasteiger partial charge in [-0.15, -0.1) is 0 Å². The van der Waals surface area contributed by atoms with Gasteiger partial charge in [-0.3, -0.25) is 9.89 Å². The Morgan fingerprint density at radius 2 is 2.09 bits per heavy atom. The second-order valence-electron chi connectivity index (χ2n) is 6.32. The van der Waals surface area contributed by atoms with Crippen molar-refractivity contribution < 1.29 is 4.79 Å². The molecule has 1 aliphatic carbocycles. The minimum absolute atomic E-state index is 0.0670. The number of amides is 1. The van der Waals surface area contributed by atoms with Gasteiger partial charge < -0.3 is 10.2 Å². The number of nitrogens with zero attached hydrogens (tertiary/aromatic N) is 4. The topological polar surface area (TPSA) is 86.8 Å². The summed E-state index contributed by atoms with van der Waals surface area (Å²) in [5.41, 5.74) is 1.67. The number of anilines is 1. The molecule has 0 bridgehead atoms. The molecule has 120 valence electrons. The van der Waals surface area contributed by atoms with Gasteiger partial charge in [-0.1, -0.05) is 0 Å². The van der Waals surface area contributed by atoms with Gasteiger partial charge in [0.25, 0.3) is 5.91 Å². The molecule has 2 aromatic heterocycles. The van der Waals surface area contributed by atoms with Crippen LogP contribution in [-0.4, -0.2) is 45.2 Å². The lowest BCUT2D eigenvalue weighted by molar-refractivity contribution is 0.0908. The molecule has 1 amide bonds. The van der Waals surface area contributed by atoms with Gasteiger partial charge >= 0.3 is 0 Å². The maximum Gasteiger partial charge on any atom is 0.254 e. The summed E-state index contributed by atoms with van der Waals surface area (Å²) < 4.78 is 0. The molecule has 7 nitrogen and oxygen atoms in total. The van der Waals surface area contributed by atoms with E-state index in [-0.39, 0.29) is 11.9 Å². The van der Waals surface area contributed by atoms with Gasteiger partial charge in [0.2, 0.25) is 0 Å². The molecule has 0 spiro atoms. The van der Waals surface area contributed by atoms with E-state index in [2.05, 4.69) is 36.4 Å². The van der Waals surface area contributed by atoms with E-state index in [0.29, 0.717) is 11.5 Å². The average molecular weight is 312 g/mol. The van der Waals surface area contributed by atoms with Crippen molar-refractivity contribution in [1.82, 2.24) is 25.5 Å². The van der Waals surface area contributed by atoms with E-state index in [4.69, 9.17) is 0 Å². The van der Waals surface area contributed by atoms with Gasteiger partial charge in [0.05, 0.1) is 11.8 Å². The van der Waals surface area contributed by atoms with Gasteiger partial charge in [0.1, 0.15) is 12.1 Å². The minimum Gasteiger partial charge on any atom is -0.357 e. The first-order chi connectivity index (χ1) is 11.3. The monoisotopic (exact) mass is 312 g/mol. The zero-order chi connectivity index (χ0) is 15.6. The Morgan fingerprint density at radius 1 is 1.26 bits per heavy atom. The highest BCUT2D eigenvalue weighted by Gasteiger charge is 2.33. The largest absolute Gasteiger partial charge is 0.357 e. The summed E-state index contributed by atoms with van der Waals surface area (Å²) in [4.78, 5) is 23.1. The summed E-state index contributed by atoms with van der Waals surface area (Å²) in [6.07, 6.45) is 9.16. The Bertz CT molecular complexity index is 674. The molecule has 0 atom stereocenters. The summed E-state index contributed by atoms with van der Waals surface area (Å²) >= 11 is 0. The van der Waals surface area contributed by atoms with Gasteiger partial charge in [-0.05, 0) is 25.7 Å². The number of rotatable bonds is 4. The van der Waals surface area contributed by atoms with E-state index >= 15 is 0 Å². The van der Waals surface area contributed by atoms with E-state index < -0.39 is 0 Å². The predicted molar refractivity (Wildman–Crippen MR) is 85.3 cm³/mol. The Balaban J connectivity index is 1.34. The van der Waals surface area contributed by atoms with Crippen LogP contribution in [0.4, 0.5) is 5.82 Å². The van der Waals surface area contributed by atoms with Gasteiger partial charge in [0.15, 0.2) is 0 Å². The van der Waals surface area contributed by atoms with Crippen molar-refractivity contribution in [3.05, 3.63) is 36.0 Å². The zero-order valence-corrected chi connectivity index (χ0v) is 12.9. The first-order valence-electron chi connectivity index (χ1n) is 8.16. The number of aromatic nitrogens is 4. The molecule has 0 unspecified atom stereocenters. The molecule has 0 aromatic carbocycles. The number of H-pyrrole nitrogens is 1. The molecule has 1 saturated heterocycles. The Morgan fingerprint density at radius 3 is 2.83 bits per heavy atom. The second-order valence-corrected chi connectivity index (χ2v) is 6.32. The summed E-state index contributed by atoms with van der Waals surface area (Å²) in [5, 5.41) is 9.49. The van der Waals surface area contributed by atoms with Crippen LogP contribution in [-0.2, 0) is 0 Å². The first-order valence-corrected chi connectivity index (χ1v) is 8.16. The Kier molecular flexibility index (Phi) is 3.69. The van der Waals surface area contributed by atoms with Crippen LogP contribution in [0.1, 0.15) is 47.7 Å². The van der Waals surface area contributed by atoms with Crippen molar-refractivity contribution in [2.24, 2.45) is 0 Å². The number of hydrogen-bond acceptors (Lipinski definition) is 5.